The zero-order valence-corrected chi connectivity index (χ0v) is 20.0. The number of rotatable bonds is 4. The maximum atomic E-state index is 12.6. The smallest absolute Gasteiger partial charge is 0.345 e. The van der Waals surface area contributed by atoms with Crippen molar-refractivity contribution >= 4 is 73.7 Å². The Morgan fingerprint density at radius 2 is 1.75 bits per heavy atom. The lowest BCUT2D eigenvalue weighted by atomic mass is 9.81. The van der Waals surface area contributed by atoms with Crippen molar-refractivity contribution in [3.8, 4) is 11.5 Å². The molecular weight excluding hydrogens is 645 g/mol. The van der Waals surface area contributed by atoms with Crippen LogP contribution in [0.1, 0.15) is 43.1 Å². The predicted octanol–water partition coefficient (Wildman–Crippen LogP) is 6.11. The van der Waals surface area contributed by atoms with E-state index < -0.39 is 0 Å². The second-order valence-corrected chi connectivity index (χ2v) is 9.43. The van der Waals surface area contributed by atoms with Gasteiger partial charge in [0.15, 0.2) is 0 Å². The number of phenolic OH excluding ortho intramolecular Hbond substituents is 1. The standard InChI is InChI=1S/C18H17I3O3/c1-4-18(2,3)11-9-10(5-8-14(11)22)24-17(23)15-12(19)6-7-13(20)16(15)21/h5-9,22H,4H2,1-3H3. The number of phenols is 1. The molecule has 2 aromatic carbocycles. The molecule has 1 N–H and O–H groups in total. The first-order valence-electron chi connectivity index (χ1n) is 7.36. The van der Waals surface area contributed by atoms with Gasteiger partial charge in [-0.1, -0.05) is 20.8 Å². The molecule has 0 spiro atoms. The summed E-state index contributed by atoms with van der Waals surface area (Å²) in [6.45, 7) is 6.17. The van der Waals surface area contributed by atoms with Gasteiger partial charge in [-0.25, -0.2) is 4.79 Å². The van der Waals surface area contributed by atoms with E-state index in [0.717, 1.165) is 22.7 Å². The van der Waals surface area contributed by atoms with Crippen LogP contribution in [-0.2, 0) is 5.41 Å². The van der Waals surface area contributed by atoms with Crippen LogP contribution in [-0.4, -0.2) is 11.1 Å². The average molecular weight is 662 g/mol. The van der Waals surface area contributed by atoms with Gasteiger partial charge in [0.2, 0.25) is 0 Å². The molecule has 0 unspecified atom stereocenters. The zero-order valence-electron chi connectivity index (χ0n) is 13.5. The van der Waals surface area contributed by atoms with E-state index in [-0.39, 0.29) is 17.1 Å². The molecule has 0 aliphatic heterocycles. The van der Waals surface area contributed by atoms with Crippen molar-refractivity contribution in [1.29, 1.82) is 0 Å². The van der Waals surface area contributed by atoms with Crippen molar-refractivity contribution in [2.45, 2.75) is 32.6 Å². The van der Waals surface area contributed by atoms with E-state index in [1.54, 1.807) is 18.2 Å². The van der Waals surface area contributed by atoms with Crippen molar-refractivity contribution < 1.29 is 14.6 Å². The van der Waals surface area contributed by atoms with Crippen molar-refractivity contribution in [3.63, 3.8) is 0 Å². The van der Waals surface area contributed by atoms with Crippen LogP contribution in [0.4, 0.5) is 0 Å². The Morgan fingerprint density at radius 3 is 2.38 bits per heavy atom. The predicted molar refractivity (Wildman–Crippen MR) is 121 cm³/mol. The number of aromatic hydroxyl groups is 1. The first kappa shape index (κ1) is 20.2. The summed E-state index contributed by atoms with van der Waals surface area (Å²) in [4.78, 5) is 12.6. The average Bonchev–Trinajstić information content (AvgIpc) is 2.53. The number of hydrogen-bond donors (Lipinski definition) is 1. The molecule has 0 saturated heterocycles. The molecular formula is C18H17I3O3. The maximum Gasteiger partial charge on any atom is 0.345 e. The van der Waals surface area contributed by atoms with Gasteiger partial charge in [0.05, 0.1) is 5.56 Å². The molecule has 128 valence electrons. The summed E-state index contributed by atoms with van der Waals surface area (Å²) < 4.78 is 8.35. The molecule has 0 atom stereocenters. The second-order valence-electron chi connectivity index (χ2n) is 6.02. The van der Waals surface area contributed by atoms with E-state index in [0.29, 0.717) is 11.3 Å². The summed E-state index contributed by atoms with van der Waals surface area (Å²) in [5, 5.41) is 10.1. The van der Waals surface area contributed by atoms with Crippen LogP contribution in [0.3, 0.4) is 0 Å². The maximum absolute atomic E-state index is 12.6. The molecule has 2 rings (SSSR count). The van der Waals surface area contributed by atoms with E-state index in [1.165, 1.54) is 0 Å². The Kier molecular flexibility index (Phi) is 6.79. The minimum absolute atomic E-state index is 0.197. The van der Waals surface area contributed by atoms with Crippen molar-refractivity contribution in [2.24, 2.45) is 0 Å². The Hall–Kier alpha value is -0.100. The molecule has 0 radical (unpaired) electrons. The Balaban J connectivity index is 2.38. The lowest BCUT2D eigenvalue weighted by Crippen LogP contribution is -2.17. The van der Waals surface area contributed by atoms with Crippen molar-refractivity contribution in [2.75, 3.05) is 0 Å². The molecule has 0 heterocycles. The minimum Gasteiger partial charge on any atom is -0.508 e. The van der Waals surface area contributed by atoms with Gasteiger partial charge >= 0.3 is 5.97 Å². The number of ether oxygens (including phenoxy) is 1. The first-order valence-corrected chi connectivity index (χ1v) is 10.6. The van der Waals surface area contributed by atoms with Crippen LogP contribution in [0.25, 0.3) is 0 Å². The molecule has 0 aliphatic rings. The third-order valence-electron chi connectivity index (χ3n) is 4.04. The highest BCUT2D eigenvalue weighted by atomic mass is 127. The largest absolute Gasteiger partial charge is 0.508 e. The van der Waals surface area contributed by atoms with E-state index in [4.69, 9.17) is 4.74 Å². The summed E-state index contributed by atoms with van der Waals surface area (Å²) in [5.74, 6) is 0.285. The summed E-state index contributed by atoms with van der Waals surface area (Å²) in [6.07, 6.45) is 0.866. The lowest BCUT2D eigenvalue weighted by Gasteiger charge is -2.24. The van der Waals surface area contributed by atoms with Gasteiger partial charge in [-0.05, 0) is 110 Å². The molecule has 0 saturated carbocycles. The first-order chi connectivity index (χ1) is 11.2. The number of carbonyl (C=O) groups excluding carboxylic acids is 1. The summed E-state index contributed by atoms with van der Waals surface area (Å²) in [5.41, 5.74) is 1.16. The van der Waals surface area contributed by atoms with E-state index >= 15 is 0 Å². The summed E-state index contributed by atoms with van der Waals surface area (Å²) in [6, 6.07) is 8.84. The highest BCUT2D eigenvalue weighted by Crippen LogP contribution is 2.36. The summed E-state index contributed by atoms with van der Waals surface area (Å²) in [7, 11) is 0. The molecule has 0 fully saturated rings. The lowest BCUT2D eigenvalue weighted by molar-refractivity contribution is 0.0732. The van der Waals surface area contributed by atoms with Crippen LogP contribution >= 0.6 is 67.8 Å². The molecule has 0 aliphatic carbocycles. The second kappa shape index (κ2) is 8.07. The SMILES string of the molecule is CCC(C)(C)c1cc(OC(=O)c2c(I)ccc(I)c2I)ccc1O. The van der Waals surface area contributed by atoms with Gasteiger partial charge in [0.1, 0.15) is 11.5 Å². The van der Waals surface area contributed by atoms with Gasteiger partial charge in [0, 0.05) is 16.3 Å². The molecule has 24 heavy (non-hydrogen) atoms. The number of hydrogen-bond acceptors (Lipinski definition) is 3. The number of benzene rings is 2. The zero-order chi connectivity index (χ0) is 18.1. The van der Waals surface area contributed by atoms with Crippen molar-refractivity contribution in [3.05, 3.63) is 52.2 Å². The molecule has 3 nitrogen and oxygen atoms in total. The third kappa shape index (κ3) is 4.35. The van der Waals surface area contributed by atoms with Gasteiger partial charge in [0.25, 0.3) is 0 Å². The molecule has 0 amide bonds. The fraction of sp³-hybridized carbons (Fsp3) is 0.278. The molecule has 2 aromatic rings. The van der Waals surface area contributed by atoms with Gasteiger partial charge < -0.3 is 9.84 Å². The quantitative estimate of drug-likeness (QED) is 0.186. The van der Waals surface area contributed by atoms with Gasteiger partial charge in [-0.3, -0.25) is 0 Å². The van der Waals surface area contributed by atoms with Crippen molar-refractivity contribution in [1.82, 2.24) is 0 Å². The number of carbonyl (C=O) groups is 1. The van der Waals surface area contributed by atoms with E-state index in [2.05, 4.69) is 88.5 Å². The Bertz CT molecular complexity index is 785. The number of esters is 1. The number of halogens is 3. The fourth-order valence-corrected chi connectivity index (χ4v) is 4.51. The van der Waals surface area contributed by atoms with Gasteiger partial charge in [-0.2, -0.15) is 0 Å². The summed E-state index contributed by atoms with van der Waals surface area (Å²) >= 11 is 6.51. The topological polar surface area (TPSA) is 46.5 Å². The Labute approximate surface area is 183 Å². The van der Waals surface area contributed by atoms with Crippen LogP contribution < -0.4 is 4.74 Å². The molecule has 0 bridgehead atoms. The highest BCUT2D eigenvalue weighted by Gasteiger charge is 2.24. The van der Waals surface area contributed by atoms with E-state index in [9.17, 15) is 9.90 Å². The third-order valence-corrected chi connectivity index (χ3v) is 7.99. The fourth-order valence-electron chi connectivity index (χ4n) is 2.18. The highest BCUT2D eigenvalue weighted by molar-refractivity contribution is 14.1. The van der Waals surface area contributed by atoms with Gasteiger partial charge in [-0.15, -0.1) is 0 Å². The minimum atomic E-state index is -0.381. The van der Waals surface area contributed by atoms with Crippen LogP contribution in [0, 0.1) is 10.7 Å². The Morgan fingerprint density at radius 1 is 1.12 bits per heavy atom. The normalized spacial score (nSPS) is 11.4. The van der Waals surface area contributed by atoms with E-state index in [1.807, 2.05) is 12.1 Å². The van der Waals surface area contributed by atoms with Crippen LogP contribution in [0.15, 0.2) is 30.3 Å². The molecule has 0 aromatic heterocycles. The molecule has 6 heteroatoms. The van der Waals surface area contributed by atoms with Crippen LogP contribution in [0.5, 0.6) is 11.5 Å². The monoisotopic (exact) mass is 662 g/mol. The van der Waals surface area contributed by atoms with Crippen LogP contribution in [0.2, 0.25) is 0 Å².